The van der Waals surface area contributed by atoms with E-state index in [2.05, 4.69) is 4.72 Å². The van der Waals surface area contributed by atoms with Gasteiger partial charge in [-0.1, -0.05) is 12.8 Å². The van der Waals surface area contributed by atoms with Gasteiger partial charge in [0.05, 0.1) is 12.0 Å². The zero-order valence-electron chi connectivity index (χ0n) is 13.5. The minimum atomic E-state index is -3.45. The predicted octanol–water partition coefficient (Wildman–Crippen LogP) is 3.27. The topological polar surface area (TPSA) is 55.4 Å². The van der Waals surface area contributed by atoms with Crippen molar-refractivity contribution in [2.75, 3.05) is 19.4 Å². The third kappa shape index (κ3) is 4.40. The van der Waals surface area contributed by atoms with Gasteiger partial charge in [-0.3, -0.25) is 0 Å². The molecule has 0 aliphatic heterocycles. The highest BCUT2D eigenvalue weighted by Gasteiger charge is 2.19. The van der Waals surface area contributed by atoms with Crippen LogP contribution < -0.4 is 9.46 Å². The average Bonchev–Trinajstić information content (AvgIpc) is 2.98. The lowest BCUT2D eigenvalue weighted by Crippen LogP contribution is -2.27. The van der Waals surface area contributed by atoms with Gasteiger partial charge in [0.15, 0.2) is 0 Å². The molecular weight excluding hydrogens is 318 g/mol. The number of rotatable bonds is 7. The van der Waals surface area contributed by atoms with Crippen molar-refractivity contribution in [3.05, 3.63) is 23.3 Å². The Balaban J connectivity index is 1.96. The van der Waals surface area contributed by atoms with Gasteiger partial charge in [0.1, 0.15) is 5.75 Å². The summed E-state index contributed by atoms with van der Waals surface area (Å²) in [6.07, 6.45) is 5.17. The Morgan fingerprint density at radius 3 is 2.55 bits per heavy atom. The molecule has 0 saturated heterocycles. The Labute approximate surface area is 138 Å². The van der Waals surface area contributed by atoms with Crippen molar-refractivity contribution in [3.8, 4) is 5.75 Å². The van der Waals surface area contributed by atoms with Crippen LogP contribution in [0, 0.1) is 13.8 Å². The van der Waals surface area contributed by atoms with Crippen molar-refractivity contribution in [1.29, 1.82) is 0 Å². The van der Waals surface area contributed by atoms with Crippen LogP contribution in [-0.2, 0) is 10.0 Å². The summed E-state index contributed by atoms with van der Waals surface area (Å²) < 4.78 is 32.8. The number of ether oxygens (including phenoxy) is 1. The Bertz CT molecular complexity index is 608. The van der Waals surface area contributed by atoms with Crippen molar-refractivity contribution in [1.82, 2.24) is 4.72 Å². The molecule has 2 rings (SSSR count). The second-order valence-corrected chi connectivity index (χ2v) is 8.91. The van der Waals surface area contributed by atoms with Crippen LogP contribution in [0.3, 0.4) is 0 Å². The second-order valence-electron chi connectivity index (χ2n) is 5.76. The largest absolute Gasteiger partial charge is 0.496 e. The quantitative estimate of drug-likeness (QED) is 0.772. The highest BCUT2D eigenvalue weighted by atomic mass is 32.2. The van der Waals surface area contributed by atoms with Crippen LogP contribution in [0.2, 0.25) is 0 Å². The Morgan fingerprint density at radius 2 is 1.91 bits per heavy atom. The number of aryl methyl sites for hydroxylation is 2. The fraction of sp³-hybridized carbons (Fsp3) is 0.625. The molecule has 0 spiro atoms. The van der Waals surface area contributed by atoms with Gasteiger partial charge >= 0.3 is 0 Å². The second kappa shape index (κ2) is 7.70. The zero-order chi connectivity index (χ0) is 16.2. The van der Waals surface area contributed by atoms with Crippen LogP contribution in [-0.4, -0.2) is 33.1 Å². The van der Waals surface area contributed by atoms with E-state index in [0.29, 0.717) is 22.8 Å². The molecule has 124 valence electrons. The van der Waals surface area contributed by atoms with Crippen LogP contribution in [0.4, 0.5) is 0 Å². The highest BCUT2D eigenvalue weighted by molar-refractivity contribution is 8.00. The maximum Gasteiger partial charge on any atom is 0.240 e. The molecule has 1 aromatic carbocycles. The Hall–Kier alpha value is -0.720. The summed E-state index contributed by atoms with van der Waals surface area (Å²) in [7, 11) is -1.86. The molecule has 0 aromatic heterocycles. The molecule has 0 atom stereocenters. The SMILES string of the molecule is COc1cc(C)c(S(=O)(=O)NCCSC2CCCC2)cc1C. The highest BCUT2D eigenvalue weighted by Crippen LogP contribution is 2.29. The summed E-state index contributed by atoms with van der Waals surface area (Å²) in [5.74, 6) is 1.55. The van der Waals surface area contributed by atoms with E-state index in [-0.39, 0.29) is 0 Å². The smallest absolute Gasteiger partial charge is 0.240 e. The van der Waals surface area contributed by atoms with Gasteiger partial charge in [0, 0.05) is 17.5 Å². The first-order valence-electron chi connectivity index (χ1n) is 7.70. The van der Waals surface area contributed by atoms with Crippen LogP contribution in [0.15, 0.2) is 17.0 Å². The maximum absolute atomic E-state index is 12.4. The average molecular weight is 344 g/mol. The van der Waals surface area contributed by atoms with Gasteiger partial charge in [-0.2, -0.15) is 11.8 Å². The molecule has 4 nitrogen and oxygen atoms in total. The van der Waals surface area contributed by atoms with Gasteiger partial charge in [-0.25, -0.2) is 13.1 Å². The maximum atomic E-state index is 12.4. The fourth-order valence-electron chi connectivity index (χ4n) is 2.81. The zero-order valence-corrected chi connectivity index (χ0v) is 15.1. The summed E-state index contributed by atoms with van der Waals surface area (Å²) >= 11 is 1.89. The molecule has 1 fully saturated rings. The van der Waals surface area contributed by atoms with E-state index in [1.807, 2.05) is 18.7 Å². The summed E-state index contributed by atoms with van der Waals surface area (Å²) in [5.41, 5.74) is 1.53. The first kappa shape index (κ1) is 17.6. The molecule has 22 heavy (non-hydrogen) atoms. The summed E-state index contributed by atoms with van der Waals surface area (Å²) in [5, 5.41) is 0.717. The number of methoxy groups -OCH3 is 1. The van der Waals surface area contributed by atoms with Crippen LogP contribution >= 0.6 is 11.8 Å². The molecule has 6 heteroatoms. The van der Waals surface area contributed by atoms with Crippen LogP contribution in [0.25, 0.3) is 0 Å². The van der Waals surface area contributed by atoms with Gasteiger partial charge in [-0.05, 0) is 49.9 Å². The van der Waals surface area contributed by atoms with Crippen molar-refractivity contribution in [2.45, 2.75) is 49.7 Å². The predicted molar refractivity (Wildman–Crippen MR) is 92.4 cm³/mol. The Kier molecular flexibility index (Phi) is 6.17. The summed E-state index contributed by atoms with van der Waals surface area (Å²) in [6.45, 7) is 4.13. The van der Waals surface area contributed by atoms with Crippen LogP contribution in [0.1, 0.15) is 36.8 Å². The van der Waals surface area contributed by atoms with Crippen molar-refractivity contribution < 1.29 is 13.2 Å². The molecule has 1 aromatic rings. The third-order valence-corrected chi connectivity index (χ3v) is 7.02. The number of thioether (sulfide) groups is 1. The molecule has 1 aliphatic rings. The lowest BCUT2D eigenvalue weighted by molar-refractivity contribution is 0.411. The minimum Gasteiger partial charge on any atom is -0.496 e. The minimum absolute atomic E-state index is 0.344. The molecule has 1 aliphatic carbocycles. The van der Waals surface area contributed by atoms with E-state index in [9.17, 15) is 8.42 Å². The monoisotopic (exact) mass is 343 g/mol. The lowest BCUT2D eigenvalue weighted by Gasteiger charge is -2.13. The molecular formula is C16H25NO3S2. The van der Waals surface area contributed by atoms with Crippen LogP contribution in [0.5, 0.6) is 5.75 Å². The number of nitrogens with one attached hydrogen (secondary N) is 1. The molecule has 0 unspecified atom stereocenters. The van der Waals surface area contributed by atoms with Gasteiger partial charge in [0.2, 0.25) is 10.0 Å². The molecule has 0 amide bonds. The standard InChI is InChI=1S/C16H25NO3S2/c1-12-11-16(13(2)10-15(12)20-3)22(18,19)17-8-9-21-14-6-4-5-7-14/h10-11,14,17H,4-9H2,1-3H3. The number of benzene rings is 1. The first-order valence-corrected chi connectivity index (χ1v) is 10.2. The van der Waals surface area contributed by atoms with E-state index < -0.39 is 10.0 Å². The van der Waals surface area contributed by atoms with E-state index in [4.69, 9.17) is 4.74 Å². The lowest BCUT2D eigenvalue weighted by atomic mass is 10.1. The molecule has 0 radical (unpaired) electrons. The van der Waals surface area contributed by atoms with Gasteiger partial charge in [0.25, 0.3) is 0 Å². The van der Waals surface area contributed by atoms with Crippen molar-refractivity contribution >= 4 is 21.8 Å². The third-order valence-electron chi connectivity index (χ3n) is 4.03. The van der Waals surface area contributed by atoms with Gasteiger partial charge in [-0.15, -0.1) is 0 Å². The van der Waals surface area contributed by atoms with E-state index in [0.717, 1.165) is 16.6 Å². The van der Waals surface area contributed by atoms with E-state index in [1.54, 1.807) is 26.2 Å². The molecule has 0 bridgehead atoms. The number of sulfonamides is 1. The number of hydrogen-bond acceptors (Lipinski definition) is 4. The fourth-order valence-corrected chi connectivity index (χ4v) is 5.50. The van der Waals surface area contributed by atoms with E-state index in [1.165, 1.54) is 25.7 Å². The summed E-state index contributed by atoms with van der Waals surface area (Å²) in [4.78, 5) is 0.344. The van der Waals surface area contributed by atoms with E-state index >= 15 is 0 Å². The number of hydrogen-bond donors (Lipinski definition) is 1. The molecule has 1 N–H and O–H groups in total. The normalized spacial score (nSPS) is 16.1. The van der Waals surface area contributed by atoms with Crippen molar-refractivity contribution in [2.24, 2.45) is 0 Å². The van der Waals surface area contributed by atoms with Crippen molar-refractivity contribution in [3.63, 3.8) is 0 Å². The molecule has 1 saturated carbocycles. The van der Waals surface area contributed by atoms with Gasteiger partial charge < -0.3 is 4.74 Å². The first-order chi connectivity index (χ1) is 10.4. The summed E-state index contributed by atoms with van der Waals surface area (Å²) in [6, 6.07) is 3.46. The molecule has 0 heterocycles. The Morgan fingerprint density at radius 1 is 1.23 bits per heavy atom.